The summed E-state index contributed by atoms with van der Waals surface area (Å²) in [6.45, 7) is 4.38. The molecule has 0 radical (unpaired) electrons. The minimum absolute atomic E-state index is 0.00137. The van der Waals surface area contributed by atoms with Crippen molar-refractivity contribution in [2.75, 3.05) is 13.4 Å². The Morgan fingerprint density at radius 1 is 1.29 bits per heavy atom. The van der Waals surface area contributed by atoms with Gasteiger partial charge in [-0.2, -0.15) is 0 Å². The zero-order chi connectivity index (χ0) is 17.5. The van der Waals surface area contributed by atoms with E-state index in [9.17, 15) is 4.79 Å². The lowest BCUT2D eigenvalue weighted by atomic mass is 10.1. The second-order valence-electron chi connectivity index (χ2n) is 5.34. The lowest BCUT2D eigenvalue weighted by Crippen LogP contribution is -2.23. The summed E-state index contributed by atoms with van der Waals surface area (Å²) in [6, 6.07) is 3.66. The van der Waals surface area contributed by atoms with Crippen molar-refractivity contribution in [2.24, 2.45) is 0 Å². The molecule has 0 aliphatic heterocycles. The first-order chi connectivity index (χ1) is 11.5. The normalized spacial score (nSPS) is 10.5. The average molecular weight is 346 g/mol. The summed E-state index contributed by atoms with van der Waals surface area (Å²) in [5.74, 6) is 0.539. The van der Waals surface area contributed by atoms with Gasteiger partial charge in [0.2, 0.25) is 11.8 Å². The van der Waals surface area contributed by atoms with E-state index in [1.54, 1.807) is 13.3 Å². The van der Waals surface area contributed by atoms with Crippen LogP contribution in [0, 0.1) is 13.8 Å². The van der Waals surface area contributed by atoms with Crippen LogP contribution in [0.3, 0.4) is 0 Å². The van der Waals surface area contributed by atoms with E-state index in [1.807, 2.05) is 32.2 Å². The molecule has 2 heterocycles. The van der Waals surface area contributed by atoms with Gasteiger partial charge < -0.3 is 10.1 Å². The molecule has 0 aliphatic rings. The summed E-state index contributed by atoms with van der Waals surface area (Å²) in [5, 5.41) is 3.68. The third-order valence-electron chi connectivity index (χ3n) is 3.68. The highest BCUT2D eigenvalue weighted by Gasteiger charge is 2.10. The van der Waals surface area contributed by atoms with Crippen LogP contribution in [0.2, 0.25) is 0 Å². The molecule has 1 N–H and O–H groups in total. The number of pyridine rings is 1. The highest BCUT2D eigenvalue weighted by atomic mass is 32.2. The third-order valence-corrected chi connectivity index (χ3v) is 4.23. The van der Waals surface area contributed by atoms with E-state index in [4.69, 9.17) is 4.74 Å². The van der Waals surface area contributed by atoms with Crippen LogP contribution in [-0.4, -0.2) is 34.2 Å². The van der Waals surface area contributed by atoms with Crippen LogP contribution in [0.25, 0.3) is 0 Å². The standard InChI is InChI=1S/C17H22N4O2S/c1-11-14(12(2)21-17(20-11)24-4)5-6-15(22)19-10-13-7-8-18-16(9-13)23-3/h7-9H,5-6,10H2,1-4H3,(H,19,22). The van der Waals surface area contributed by atoms with E-state index in [1.165, 1.54) is 11.8 Å². The van der Waals surface area contributed by atoms with E-state index in [0.717, 1.165) is 27.7 Å². The molecule has 0 saturated carbocycles. The molecule has 0 aliphatic carbocycles. The quantitative estimate of drug-likeness (QED) is 0.613. The van der Waals surface area contributed by atoms with Gasteiger partial charge in [0.1, 0.15) is 0 Å². The molecule has 0 spiro atoms. The maximum absolute atomic E-state index is 12.1. The molecule has 0 aromatic carbocycles. The topological polar surface area (TPSA) is 77.0 Å². The number of carbonyl (C=O) groups is 1. The first-order valence-corrected chi connectivity index (χ1v) is 8.89. The van der Waals surface area contributed by atoms with Gasteiger partial charge in [-0.25, -0.2) is 15.0 Å². The summed E-state index contributed by atoms with van der Waals surface area (Å²) >= 11 is 1.52. The molecular formula is C17H22N4O2S. The highest BCUT2D eigenvalue weighted by Crippen LogP contribution is 2.17. The minimum atomic E-state index is -0.00137. The molecular weight excluding hydrogens is 324 g/mol. The Morgan fingerprint density at radius 3 is 2.62 bits per heavy atom. The second-order valence-corrected chi connectivity index (χ2v) is 6.12. The van der Waals surface area contributed by atoms with Gasteiger partial charge in [0, 0.05) is 36.6 Å². The Kier molecular flexibility index (Phi) is 6.54. The smallest absolute Gasteiger partial charge is 0.220 e. The summed E-state index contributed by atoms with van der Waals surface area (Å²) in [7, 11) is 1.57. The fraction of sp³-hybridized carbons (Fsp3) is 0.412. The van der Waals surface area contributed by atoms with E-state index in [-0.39, 0.29) is 5.91 Å². The van der Waals surface area contributed by atoms with Crippen LogP contribution in [0.4, 0.5) is 0 Å². The minimum Gasteiger partial charge on any atom is -0.481 e. The van der Waals surface area contributed by atoms with Crippen LogP contribution in [0.15, 0.2) is 23.5 Å². The van der Waals surface area contributed by atoms with Crippen LogP contribution in [0.1, 0.15) is 28.9 Å². The molecule has 6 nitrogen and oxygen atoms in total. The van der Waals surface area contributed by atoms with E-state index >= 15 is 0 Å². The van der Waals surface area contributed by atoms with Crippen molar-refractivity contribution in [1.82, 2.24) is 20.3 Å². The van der Waals surface area contributed by atoms with E-state index in [0.29, 0.717) is 25.3 Å². The van der Waals surface area contributed by atoms with Gasteiger partial charge in [-0.3, -0.25) is 4.79 Å². The maximum Gasteiger partial charge on any atom is 0.220 e. The number of rotatable bonds is 7. The van der Waals surface area contributed by atoms with Gasteiger partial charge in [0.05, 0.1) is 7.11 Å². The maximum atomic E-state index is 12.1. The number of aromatic nitrogens is 3. The molecule has 2 aromatic heterocycles. The van der Waals surface area contributed by atoms with Gasteiger partial charge in [0.15, 0.2) is 5.16 Å². The van der Waals surface area contributed by atoms with Crippen molar-refractivity contribution in [3.63, 3.8) is 0 Å². The molecule has 24 heavy (non-hydrogen) atoms. The van der Waals surface area contributed by atoms with E-state index in [2.05, 4.69) is 20.3 Å². The Morgan fingerprint density at radius 2 is 2.00 bits per heavy atom. The zero-order valence-corrected chi connectivity index (χ0v) is 15.2. The molecule has 0 atom stereocenters. The van der Waals surface area contributed by atoms with Crippen molar-refractivity contribution in [2.45, 2.75) is 38.4 Å². The molecule has 2 rings (SSSR count). The molecule has 2 aromatic rings. The fourth-order valence-corrected chi connectivity index (χ4v) is 2.82. The molecule has 128 valence electrons. The molecule has 0 unspecified atom stereocenters. The van der Waals surface area contributed by atoms with Crippen molar-refractivity contribution >= 4 is 17.7 Å². The lowest BCUT2D eigenvalue weighted by Gasteiger charge is -2.10. The number of methoxy groups -OCH3 is 1. The largest absolute Gasteiger partial charge is 0.481 e. The summed E-state index contributed by atoms with van der Waals surface area (Å²) in [4.78, 5) is 25.0. The second kappa shape index (κ2) is 8.63. The first-order valence-electron chi connectivity index (χ1n) is 7.67. The van der Waals surface area contributed by atoms with Crippen molar-refractivity contribution in [3.8, 4) is 5.88 Å². The number of hydrogen-bond donors (Lipinski definition) is 1. The Hall–Kier alpha value is -2.15. The van der Waals surface area contributed by atoms with Crippen molar-refractivity contribution < 1.29 is 9.53 Å². The molecule has 0 saturated heterocycles. The fourth-order valence-electron chi connectivity index (χ4n) is 2.36. The van der Waals surface area contributed by atoms with Gasteiger partial charge in [-0.15, -0.1) is 0 Å². The van der Waals surface area contributed by atoms with Crippen molar-refractivity contribution in [1.29, 1.82) is 0 Å². The van der Waals surface area contributed by atoms with Gasteiger partial charge >= 0.3 is 0 Å². The third kappa shape index (κ3) is 4.92. The number of amides is 1. The summed E-state index contributed by atoms with van der Waals surface area (Å²) in [6.07, 6.45) is 4.66. The molecule has 1 amide bonds. The number of thioether (sulfide) groups is 1. The summed E-state index contributed by atoms with van der Waals surface area (Å²) < 4.78 is 5.07. The average Bonchev–Trinajstić information content (AvgIpc) is 2.59. The van der Waals surface area contributed by atoms with Crippen LogP contribution < -0.4 is 10.1 Å². The predicted molar refractivity (Wildman–Crippen MR) is 94.2 cm³/mol. The number of hydrogen-bond acceptors (Lipinski definition) is 6. The van der Waals surface area contributed by atoms with E-state index < -0.39 is 0 Å². The van der Waals surface area contributed by atoms with Crippen LogP contribution in [0.5, 0.6) is 5.88 Å². The predicted octanol–water partition coefficient (Wildman–Crippen LogP) is 2.47. The number of nitrogens with one attached hydrogen (secondary N) is 1. The SMILES string of the molecule is COc1cc(CNC(=O)CCc2c(C)nc(SC)nc2C)ccn1. The monoisotopic (exact) mass is 346 g/mol. The number of aryl methyl sites for hydroxylation is 2. The number of ether oxygens (including phenoxy) is 1. The lowest BCUT2D eigenvalue weighted by molar-refractivity contribution is -0.121. The van der Waals surface area contributed by atoms with Crippen LogP contribution >= 0.6 is 11.8 Å². The Bertz CT molecular complexity index is 698. The van der Waals surface area contributed by atoms with Gasteiger partial charge in [0.25, 0.3) is 0 Å². The Balaban J connectivity index is 1.89. The van der Waals surface area contributed by atoms with Gasteiger partial charge in [-0.05, 0) is 43.7 Å². The zero-order valence-electron chi connectivity index (χ0n) is 14.4. The first kappa shape index (κ1) is 18.2. The van der Waals surface area contributed by atoms with Gasteiger partial charge in [-0.1, -0.05) is 11.8 Å². The number of nitrogens with zero attached hydrogens (tertiary/aromatic N) is 3. The molecule has 0 fully saturated rings. The molecule has 7 heteroatoms. The van der Waals surface area contributed by atoms with Crippen LogP contribution in [-0.2, 0) is 17.8 Å². The highest BCUT2D eigenvalue weighted by molar-refractivity contribution is 7.98. The summed E-state index contributed by atoms with van der Waals surface area (Å²) in [5.41, 5.74) is 3.89. The Labute approximate surface area is 146 Å². The number of carbonyl (C=O) groups excluding carboxylic acids is 1. The van der Waals surface area contributed by atoms with Crippen molar-refractivity contribution in [3.05, 3.63) is 40.8 Å². The molecule has 0 bridgehead atoms.